The molecule has 0 spiro atoms. The molecule has 2 rings (SSSR count). The van der Waals surface area contributed by atoms with Gasteiger partial charge in [-0.2, -0.15) is 0 Å². The Morgan fingerprint density at radius 2 is 1.82 bits per heavy atom. The van der Waals surface area contributed by atoms with Crippen molar-refractivity contribution in [2.24, 2.45) is 0 Å². The van der Waals surface area contributed by atoms with Crippen LogP contribution in [0.15, 0.2) is 42.5 Å². The number of likely N-dealkylation sites (N-methyl/N-ethyl adjacent to an activating group) is 1. The zero-order chi connectivity index (χ0) is 20.7. The molecular weight excluding hydrogens is 363 g/mol. The Morgan fingerprint density at radius 3 is 2.39 bits per heavy atom. The number of esters is 1. The van der Waals surface area contributed by atoms with Crippen LogP contribution in [0.4, 0.5) is 10.1 Å². The molecule has 0 saturated heterocycles. The molecule has 6 nitrogen and oxygen atoms in total. The minimum absolute atomic E-state index is 0.177. The predicted octanol–water partition coefficient (Wildman–Crippen LogP) is 2.05. The van der Waals surface area contributed by atoms with Gasteiger partial charge in [-0.1, -0.05) is 0 Å². The zero-order valence-corrected chi connectivity index (χ0v) is 16.5. The molecule has 2 aromatic carbocycles. The van der Waals surface area contributed by atoms with E-state index < -0.39 is 11.8 Å². The topological polar surface area (TPSA) is 69.1 Å². The van der Waals surface area contributed by atoms with E-state index in [2.05, 4.69) is 5.32 Å². The summed E-state index contributed by atoms with van der Waals surface area (Å²) in [6, 6.07) is 11.3. The maximum absolute atomic E-state index is 13.8. The highest BCUT2D eigenvalue weighted by Crippen LogP contribution is 2.17. The van der Waals surface area contributed by atoms with Crippen LogP contribution in [0, 0.1) is 5.82 Å². The molecule has 0 heterocycles. The van der Waals surface area contributed by atoms with E-state index in [1.54, 1.807) is 50.2 Å². The van der Waals surface area contributed by atoms with Gasteiger partial charge in [0.15, 0.2) is 18.1 Å². The Labute approximate surface area is 164 Å². The molecule has 7 heteroatoms. The van der Waals surface area contributed by atoms with Crippen LogP contribution in [0.1, 0.15) is 29.8 Å². The van der Waals surface area contributed by atoms with Gasteiger partial charge in [0.25, 0.3) is 5.91 Å². The number of hydrogen-bond acceptors (Lipinski definition) is 4. The van der Waals surface area contributed by atoms with E-state index in [1.807, 2.05) is 7.05 Å². The molecule has 0 fully saturated rings. The summed E-state index contributed by atoms with van der Waals surface area (Å²) in [6.45, 7) is 4.27. The lowest BCUT2D eigenvalue weighted by Gasteiger charge is -2.14. The normalized spacial score (nSPS) is 11.8. The fourth-order valence-electron chi connectivity index (χ4n) is 2.68. The number of halogens is 1. The van der Waals surface area contributed by atoms with Crippen molar-refractivity contribution in [1.29, 1.82) is 0 Å². The average molecular weight is 389 g/mol. The van der Waals surface area contributed by atoms with Crippen molar-refractivity contribution in [3.63, 3.8) is 0 Å². The predicted molar refractivity (Wildman–Crippen MR) is 104 cm³/mol. The van der Waals surface area contributed by atoms with Gasteiger partial charge in [0, 0.05) is 11.3 Å². The molecule has 150 valence electrons. The van der Waals surface area contributed by atoms with Crippen LogP contribution in [0.3, 0.4) is 0 Å². The van der Waals surface area contributed by atoms with Crippen molar-refractivity contribution in [3.8, 4) is 5.75 Å². The largest absolute Gasteiger partial charge is 0.494 e. The quantitative estimate of drug-likeness (QED) is 0.678. The third-order valence-electron chi connectivity index (χ3n) is 3.93. The lowest BCUT2D eigenvalue weighted by atomic mass is 10.2. The third kappa shape index (κ3) is 6.35. The summed E-state index contributed by atoms with van der Waals surface area (Å²) < 4.78 is 23.8. The summed E-state index contributed by atoms with van der Waals surface area (Å²) in [5, 5.41) is 2.79. The molecule has 0 aliphatic carbocycles. The van der Waals surface area contributed by atoms with Gasteiger partial charge in [-0.3, -0.25) is 4.79 Å². The Balaban J connectivity index is 1.87. The minimum Gasteiger partial charge on any atom is -0.494 e. The fourth-order valence-corrected chi connectivity index (χ4v) is 2.68. The summed E-state index contributed by atoms with van der Waals surface area (Å²) in [4.78, 5) is 25.0. The van der Waals surface area contributed by atoms with Gasteiger partial charge in [-0.25, -0.2) is 9.18 Å². The number of methoxy groups -OCH3 is 1. The molecule has 1 unspecified atom stereocenters. The van der Waals surface area contributed by atoms with E-state index >= 15 is 0 Å². The Kier molecular flexibility index (Phi) is 7.52. The van der Waals surface area contributed by atoms with Crippen LogP contribution in [-0.2, 0) is 16.1 Å². The summed E-state index contributed by atoms with van der Waals surface area (Å²) in [5.74, 6) is -0.805. The average Bonchev–Trinajstić information content (AvgIpc) is 2.61. The molecular formula is C21H26FN2O4+. The van der Waals surface area contributed by atoms with Gasteiger partial charge in [0.05, 0.1) is 25.8 Å². The number of quaternary nitrogens is 1. The first-order chi connectivity index (χ1) is 13.3. The van der Waals surface area contributed by atoms with Crippen LogP contribution in [0.2, 0.25) is 0 Å². The van der Waals surface area contributed by atoms with Crippen molar-refractivity contribution in [1.82, 2.24) is 0 Å². The van der Waals surface area contributed by atoms with Crippen LogP contribution < -0.4 is 15.0 Å². The van der Waals surface area contributed by atoms with Crippen LogP contribution in [0.25, 0.3) is 0 Å². The van der Waals surface area contributed by atoms with E-state index in [4.69, 9.17) is 9.47 Å². The number of anilines is 1. The summed E-state index contributed by atoms with van der Waals surface area (Å²) in [5.41, 5.74) is 1.79. The molecule has 0 bridgehead atoms. The second kappa shape index (κ2) is 9.85. The molecule has 0 saturated carbocycles. The smallest absolute Gasteiger partial charge is 0.338 e. The molecule has 2 aromatic rings. The second-order valence-electron chi connectivity index (χ2n) is 6.86. The van der Waals surface area contributed by atoms with E-state index in [-0.39, 0.29) is 24.3 Å². The lowest BCUT2D eigenvalue weighted by Crippen LogP contribution is -3.08. The van der Waals surface area contributed by atoms with Gasteiger partial charge < -0.3 is 19.7 Å². The van der Waals surface area contributed by atoms with Gasteiger partial charge in [-0.05, 0) is 56.3 Å². The van der Waals surface area contributed by atoms with Gasteiger partial charge in [0.2, 0.25) is 0 Å². The molecule has 2 N–H and O–H groups in total. The van der Waals surface area contributed by atoms with E-state index in [0.29, 0.717) is 17.8 Å². The number of ether oxygens (including phenoxy) is 2. The highest BCUT2D eigenvalue weighted by molar-refractivity contribution is 5.93. The molecule has 1 amide bonds. The van der Waals surface area contributed by atoms with Gasteiger partial charge in [-0.15, -0.1) is 0 Å². The zero-order valence-electron chi connectivity index (χ0n) is 16.5. The monoisotopic (exact) mass is 389 g/mol. The molecule has 0 aliphatic heterocycles. The number of carbonyl (C=O) groups excluding carboxylic acids is 2. The van der Waals surface area contributed by atoms with Crippen LogP contribution in [0.5, 0.6) is 5.75 Å². The number of nitrogens with one attached hydrogen (secondary N) is 2. The maximum atomic E-state index is 13.8. The van der Waals surface area contributed by atoms with Crippen molar-refractivity contribution in [2.45, 2.75) is 26.5 Å². The second-order valence-corrected chi connectivity index (χ2v) is 6.86. The Morgan fingerprint density at radius 1 is 1.14 bits per heavy atom. The van der Waals surface area contributed by atoms with Crippen molar-refractivity contribution < 1.29 is 28.4 Å². The highest BCUT2D eigenvalue weighted by atomic mass is 19.1. The van der Waals surface area contributed by atoms with Crippen molar-refractivity contribution in [2.75, 3.05) is 26.0 Å². The lowest BCUT2D eigenvalue weighted by molar-refractivity contribution is -0.885. The molecule has 0 aliphatic rings. The summed E-state index contributed by atoms with van der Waals surface area (Å²) in [7, 11) is 3.27. The molecule has 0 radical (unpaired) electrons. The molecule has 28 heavy (non-hydrogen) atoms. The molecule has 0 aromatic heterocycles. The first-order valence-corrected chi connectivity index (χ1v) is 9.03. The third-order valence-corrected chi connectivity index (χ3v) is 3.93. The van der Waals surface area contributed by atoms with E-state index in [1.165, 1.54) is 13.2 Å². The number of amides is 1. The van der Waals surface area contributed by atoms with Crippen LogP contribution in [-0.4, -0.2) is 38.7 Å². The Hall–Kier alpha value is -2.93. The molecule has 1 atom stereocenters. The maximum Gasteiger partial charge on any atom is 0.338 e. The van der Waals surface area contributed by atoms with Crippen molar-refractivity contribution in [3.05, 3.63) is 59.4 Å². The number of benzene rings is 2. The minimum atomic E-state index is -0.423. The van der Waals surface area contributed by atoms with Gasteiger partial charge >= 0.3 is 5.97 Å². The Bertz CT molecular complexity index is 822. The van der Waals surface area contributed by atoms with Crippen molar-refractivity contribution >= 4 is 17.6 Å². The first-order valence-electron chi connectivity index (χ1n) is 9.03. The van der Waals surface area contributed by atoms with E-state index in [0.717, 1.165) is 10.5 Å². The summed E-state index contributed by atoms with van der Waals surface area (Å²) >= 11 is 0. The number of hydrogen-bond donors (Lipinski definition) is 2. The fraction of sp³-hybridized carbons (Fsp3) is 0.333. The first kappa shape index (κ1) is 21.4. The van der Waals surface area contributed by atoms with E-state index in [9.17, 15) is 14.0 Å². The number of carbonyl (C=O) groups is 2. The SMILES string of the molecule is COc1ccc(C[NH+](C)CC(=O)Nc2ccc(C(=O)OC(C)C)cc2)cc1F. The van der Waals surface area contributed by atoms with Gasteiger partial charge in [0.1, 0.15) is 6.54 Å². The highest BCUT2D eigenvalue weighted by Gasteiger charge is 2.13. The number of rotatable bonds is 8. The summed E-state index contributed by atoms with van der Waals surface area (Å²) in [6.07, 6.45) is -0.190. The standard InChI is InChI=1S/C21H25FN2O4/c1-14(2)28-21(26)16-6-8-17(9-7-16)23-20(25)13-24(3)12-15-5-10-19(27-4)18(22)11-15/h5-11,14H,12-13H2,1-4H3,(H,23,25)/p+1. The van der Waals surface area contributed by atoms with Crippen LogP contribution >= 0.6 is 0 Å².